The summed E-state index contributed by atoms with van der Waals surface area (Å²) in [4.78, 5) is 1.50. The summed E-state index contributed by atoms with van der Waals surface area (Å²) in [6.07, 6.45) is 8.46. The van der Waals surface area contributed by atoms with Crippen LogP contribution in [0.25, 0.3) is 0 Å². The Hall–Kier alpha value is -0.470. The number of hydrogen-bond acceptors (Lipinski definition) is 2. The van der Waals surface area contributed by atoms with Crippen LogP contribution in [0.5, 0.6) is 0 Å². The highest BCUT2D eigenvalue weighted by atomic mass is 32.2. The summed E-state index contributed by atoms with van der Waals surface area (Å²) in [7, 11) is 0. The number of nitrogens with one attached hydrogen (secondary N) is 1. The Bertz CT molecular complexity index is 386. The van der Waals surface area contributed by atoms with Crippen molar-refractivity contribution in [3.8, 4) is 0 Å². The Morgan fingerprint density at radius 2 is 2.00 bits per heavy atom. The molecule has 1 aromatic rings. The molecule has 1 aliphatic heterocycles. The van der Waals surface area contributed by atoms with E-state index in [2.05, 4.69) is 48.3 Å². The monoisotopic (exact) mass is 275 g/mol. The Balaban J connectivity index is 1.46. The molecule has 0 amide bonds. The van der Waals surface area contributed by atoms with Crippen LogP contribution < -0.4 is 5.32 Å². The van der Waals surface area contributed by atoms with Gasteiger partial charge in [0.05, 0.1) is 0 Å². The van der Waals surface area contributed by atoms with Gasteiger partial charge in [-0.05, 0) is 43.7 Å². The van der Waals surface area contributed by atoms with Gasteiger partial charge in [-0.1, -0.05) is 37.5 Å². The third-order valence-electron chi connectivity index (χ3n) is 4.74. The third-order valence-corrected chi connectivity index (χ3v) is 6.06. The van der Waals surface area contributed by atoms with E-state index in [-0.39, 0.29) is 0 Å². The zero-order valence-corrected chi connectivity index (χ0v) is 12.7. The predicted molar refractivity (Wildman–Crippen MR) is 83.8 cm³/mol. The lowest BCUT2D eigenvalue weighted by Gasteiger charge is -2.29. The molecule has 1 unspecified atom stereocenters. The van der Waals surface area contributed by atoms with Gasteiger partial charge in [-0.3, -0.25) is 0 Å². The van der Waals surface area contributed by atoms with Crippen LogP contribution in [0.1, 0.15) is 44.6 Å². The van der Waals surface area contributed by atoms with Gasteiger partial charge in [0.2, 0.25) is 0 Å². The predicted octanol–water partition coefficient (Wildman–Crippen LogP) is 4.26. The Kier molecular flexibility index (Phi) is 4.49. The molecule has 0 spiro atoms. The summed E-state index contributed by atoms with van der Waals surface area (Å²) in [6, 6.07) is 9.58. The van der Waals surface area contributed by atoms with Crippen LogP contribution in [0.3, 0.4) is 0 Å². The summed E-state index contributed by atoms with van der Waals surface area (Å²) in [5.41, 5.74) is 1.55. The normalized spacial score (nSPS) is 25.2. The summed E-state index contributed by atoms with van der Waals surface area (Å²) >= 11 is 2.06. The van der Waals surface area contributed by atoms with E-state index in [1.54, 1.807) is 5.56 Å². The average molecular weight is 275 g/mol. The van der Waals surface area contributed by atoms with Crippen molar-refractivity contribution in [1.29, 1.82) is 0 Å². The van der Waals surface area contributed by atoms with Crippen molar-refractivity contribution in [2.24, 2.45) is 5.92 Å². The first-order valence-corrected chi connectivity index (χ1v) is 8.69. The molecule has 1 aromatic carbocycles. The highest BCUT2D eigenvalue weighted by Crippen LogP contribution is 2.36. The quantitative estimate of drug-likeness (QED) is 0.881. The van der Waals surface area contributed by atoms with Gasteiger partial charge >= 0.3 is 0 Å². The van der Waals surface area contributed by atoms with Crippen LogP contribution in [0.15, 0.2) is 29.2 Å². The molecule has 0 saturated heterocycles. The zero-order valence-electron chi connectivity index (χ0n) is 11.9. The summed E-state index contributed by atoms with van der Waals surface area (Å²) in [6.45, 7) is 3.56. The topological polar surface area (TPSA) is 12.0 Å². The van der Waals surface area contributed by atoms with Crippen LogP contribution in [0, 0.1) is 5.92 Å². The van der Waals surface area contributed by atoms with E-state index in [0.717, 1.165) is 17.7 Å². The molecule has 19 heavy (non-hydrogen) atoms. The lowest BCUT2D eigenvalue weighted by Crippen LogP contribution is -2.38. The minimum absolute atomic E-state index is 0.699. The molecule has 0 aromatic heterocycles. The minimum Gasteiger partial charge on any atom is -0.313 e. The van der Waals surface area contributed by atoms with Crippen molar-refractivity contribution in [2.75, 3.05) is 6.54 Å². The van der Waals surface area contributed by atoms with Crippen molar-refractivity contribution in [1.82, 2.24) is 5.32 Å². The van der Waals surface area contributed by atoms with Crippen LogP contribution >= 0.6 is 11.8 Å². The first-order valence-electron chi connectivity index (χ1n) is 7.81. The van der Waals surface area contributed by atoms with Crippen LogP contribution in [-0.2, 0) is 6.42 Å². The molecule has 2 aliphatic rings. The van der Waals surface area contributed by atoms with E-state index in [4.69, 9.17) is 0 Å². The smallest absolute Gasteiger partial charge is 0.0260 e. The minimum atomic E-state index is 0.699. The summed E-state index contributed by atoms with van der Waals surface area (Å²) in [5, 5.41) is 4.55. The highest BCUT2D eigenvalue weighted by molar-refractivity contribution is 8.00. The van der Waals surface area contributed by atoms with Crippen molar-refractivity contribution >= 4 is 11.8 Å². The van der Waals surface area contributed by atoms with E-state index in [1.165, 1.54) is 43.4 Å². The lowest BCUT2D eigenvalue weighted by atomic mass is 9.84. The second-order valence-electron chi connectivity index (χ2n) is 6.15. The second-order valence-corrected chi connectivity index (χ2v) is 7.49. The standard InChI is InChI=1S/C17H25NS/c1-13(14-7-3-2-4-8-14)18-12-16-11-15-9-5-6-10-17(15)19-16/h5-6,9-10,13-14,16,18H,2-4,7-8,11-12H2,1H3/t13-,16?/m0/s1. The fourth-order valence-corrected chi connectivity index (χ4v) is 4.75. The maximum atomic E-state index is 3.81. The van der Waals surface area contributed by atoms with Gasteiger partial charge in [0, 0.05) is 22.7 Å². The molecule has 1 nitrogen and oxygen atoms in total. The summed E-state index contributed by atoms with van der Waals surface area (Å²) < 4.78 is 0. The molecular weight excluding hydrogens is 250 g/mol. The largest absolute Gasteiger partial charge is 0.313 e. The molecule has 1 fully saturated rings. The molecular formula is C17H25NS. The maximum Gasteiger partial charge on any atom is 0.0260 e. The third kappa shape index (κ3) is 3.35. The summed E-state index contributed by atoms with van der Waals surface area (Å²) in [5.74, 6) is 0.919. The maximum absolute atomic E-state index is 3.81. The Morgan fingerprint density at radius 1 is 1.21 bits per heavy atom. The van der Waals surface area contributed by atoms with E-state index in [0.29, 0.717) is 6.04 Å². The van der Waals surface area contributed by atoms with Crippen molar-refractivity contribution in [3.63, 3.8) is 0 Å². The Morgan fingerprint density at radius 3 is 2.79 bits per heavy atom. The highest BCUT2D eigenvalue weighted by Gasteiger charge is 2.24. The van der Waals surface area contributed by atoms with Crippen LogP contribution in [0.4, 0.5) is 0 Å². The number of rotatable bonds is 4. The van der Waals surface area contributed by atoms with Gasteiger partial charge in [0.1, 0.15) is 0 Å². The SMILES string of the molecule is C[C@H](NCC1Cc2ccccc2S1)C1CCCCC1. The fourth-order valence-electron chi connectivity index (χ4n) is 3.49. The number of thioether (sulfide) groups is 1. The molecule has 0 radical (unpaired) electrons. The van der Waals surface area contributed by atoms with Gasteiger partial charge in [-0.25, -0.2) is 0 Å². The van der Waals surface area contributed by atoms with Crippen LogP contribution in [0.2, 0.25) is 0 Å². The van der Waals surface area contributed by atoms with E-state index in [1.807, 2.05) is 0 Å². The molecule has 3 rings (SSSR count). The van der Waals surface area contributed by atoms with Gasteiger partial charge in [0.15, 0.2) is 0 Å². The van der Waals surface area contributed by atoms with Crippen molar-refractivity contribution in [3.05, 3.63) is 29.8 Å². The van der Waals surface area contributed by atoms with E-state index in [9.17, 15) is 0 Å². The molecule has 1 heterocycles. The van der Waals surface area contributed by atoms with Crippen molar-refractivity contribution in [2.45, 2.75) is 61.6 Å². The first-order chi connectivity index (χ1) is 9.33. The lowest BCUT2D eigenvalue weighted by molar-refractivity contribution is 0.282. The molecule has 1 saturated carbocycles. The van der Waals surface area contributed by atoms with Gasteiger partial charge in [-0.15, -0.1) is 11.8 Å². The molecule has 1 aliphatic carbocycles. The van der Waals surface area contributed by atoms with Gasteiger partial charge < -0.3 is 5.32 Å². The Labute approximate surface area is 121 Å². The fraction of sp³-hybridized carbons (Fsp3) is 0.647. The van der Waals surface area contributed by atoms with E-state index >= 15 is 0 Å². The molecule has 1 N–H and O–H groups in total. The zero-order chi connectivity index (χ0) is 13.1. The first kappa shape index (κ1) is 13.5. The van der Waals surface area contributed by atoms with Gasteiger partial charge in [0.25, 0.3) is 0 Å². The van der Waals surface area contributed by atoms with Crippen molar-refractivity contribution < 1.29 is 0 Å². The van der Waals surface area contributed by atoms with Gasteiger partial charge in [-0.2, -0.15) is 0 Å². The van der Waals surface area contributed by atoms with Crippen LogP contribution in [-0.4, -0.2) is 17.8 Å². The molecule has 104 valence electrons. The average Bonchev–Trinajstić information content (AvgIpc) is 2.88. The number of fused-ring (bicyclic) bond motifs is 1. The second kappa shape index (κ2) is 6.32. The molecule has 2 atom stereocenters. The molecule has 0 bridgehead atoms. The number of hydrogen-bond donors (Lipinski definition) is 1. The number of benzene rings is 1. The molecule has 2 heteroatoms. The van der Waals surface area contributed by atoms with E-state index < -0.39 is 0 Å².